The quantitative estimate of drug-likeness (QED) is 0.461. The number of allylic oxidation sites excluding steroid dienone is 1. The molecule has 1 unspecified atom stereocenters. The Hall–Kier alpha value is -1.43. The Morgan fingerprint density at radius 1 is 1.07 bits per heavy atom. The maximum absolute atomic E-state index is 14.5. The highest BCUT2D eigenvalue weighted by Crippen LogP contribution is 2.38. The van der Waals surface area contributed by atoms with Crippen LogP contribution in [-0.2, 0) is 11.2 Å². The molecule has 1 fully saturated rings. The van der Waals surface area contributed by atoms with Gasteiger partial charge in [-0.1, -0.05) is 44.0 Å². The van der Waals surface area contributed by atoms with Crippen LogP contribution in [0, 0.1) is 17.8 Å². The minimum atomic E-state index is -4.33. The highest BCUT2D eigenvalue weighted by molar-refractivity contribution is 5.61. The number of rotatable bonds is 7. The summed E-state index contributed by atoms with van der Waals surface area (Å²) in [5.41, 5.74) is 0.521. The smallest absolute Gasteiger partial charge is 0.385 e. The van der Waals surface area contributed by atoms with Gasteiger partial charge in [0, 0.05) is 25.2 Å². The lowest BCUT2D eigenvalue weighted by Crippen LogP contribution is -2.26. The lowest BCUT2D eigenvalue weighted by Gasteiger charge is -2.25. The zero-order chi connectivity index (χ0) is 20.0. The van der Waals surface area contributed by atoms with Crippen LogP contribution in [0.1, 0.15) is 50.2 Å². The van der Waals surface area contributed by atoms with Gasteiger partial charge >= 0.3 is 6.18 Å². The number of benzene rings is 1. The number of halogens is 5. The van der Waals surface area contributed by atoms with E-state index in [-0.39, 0.29) is 25.0 Å². The number of ether oxygens (including phenoxy) is 1. The van der Waals surface area contributed by atoms with Gasteiger partial charge in [0.05, 0.1) is 5.92 Å². The van der Waals surface area contributed by atoms with Crippen molar-refractivity contribution in [3.05, 3.63) is 41.2 Å². The molecule has 1 nitrogen and oxygen atoms in total. The molecule has 0 radical (unpaired) electrons. The van der Waals surface area contributed by atoms with Crippen molar-refractivity contribution in [1.29, 1.82) is 0 Å². The molecule has 1 aliphatic rings. The number of hydrogen-bond acceptors (Lipinski definition) is 1. The van der Waals surface area contributed by atoms with E-state index in [0.29, 0.717) is 24.3 Å². The van der Waals surface area contributed by atoms with Gasteiger partial charge in [0.1, 0.15) is 5.83 Å². The van der Waals surface area contributed by atoms with Gasteiger partial charge in [0.15, 0.2) is 5.83 Å². The summed E-state index contributed by atoms with van der Waals surface area (Å²) in [7, 11) is 1.36. The van der Waals surface area contributed by atoms with Gasteiger partial charge in [-0.05, 0) is 37.2 Å². The van der Waals surface area contributed by atoms with Gasteiger partial charge in [-0.15, -0.1) is 0 Å². The largest absolute Gasteiger partial charge is 0.392 e. The first kappa shape index (κ1) is 21.9. The van der Waals surface area contributed by atoms with E-state index in [4.69, 9.17) is 4.74 Å². The maximum atomic E-state index is 14.5. The Labute approximate surface area is 157 Å². The fourth-order valence-electron chi connectivity index (χ4n) is 3.54. The van der Waals surface area contributed by atoms with Gasteiger partial charge < -0.3 is 4.74 Å². The number of hydrogen-bond donors (Lipinski definition) is 0. The van der Waals surface area contributed by atoms with E-state index in [1.54, 1.807) is 0 Å². The first-order chi connectivity index (χ1) is 12.7. The second kappa shape index (κ2) is 9.67. The monoisotopic (exact) mass is 390 g/mol. The van der Waals surface area contributed by atoms with Crippen LogP contribution >= 0.6 is 0 Å². The minimum Gasteiger partial charge on any atom is -0.385 e. The topological polar surface area (TPSA) is 9.23 Å². The molecule has 2 rings (SSSR count). The fourth-order valence-corrected chi connectivity index (χ4v) is 3.54. The first-order valence-corrected chi connectivity index (χ1v) is 9.42. The summed E-state index contributed by atoms with van der Waals surface area (Å²) >= 11 is 0. The SMILES string of the molecule is COCCC(Cc1ccc(/C(F)=C(/F)C2CCC(C)CC2)cc1)C(F)(F)F. The molecule has 6 heteroatoms. The third-order valence-corrected chi connectivity index (χ3v) is 5.41. The second-order valence-electron chi connectivity index (χ2n) is 7.54. The molecule has 0 heterocycles. The van der Waals surface area contributed by atoms with E-state index < -0.39 is 29.7 Å². The van der Waals surface area contributed by atoms with Crippen molar-refractivity contribution in [3.8, 4) is 0 Å². The summed E-state index contributed by atoms with van der Waals surface area (Å²) in [6.07, 6.45) is -1.65. The first-order valence-electron chi connectivity index (χ1n) is 9.42. The van der Waals surface area contributed by atoms with Crippen molar-refractivity contribution in [1.82, 2.24) is 0 Å². The molecule has 1 aliphatic carbocycles. The molecule has 1 atom stereocenters. The van der Waals surface area contributed by atoms with E-state index in [1.807, 2.05) is 0 Å². The highest BCUT2D eigenvalue weighted by atomic mass is 19.4. The molecule has 0 amide bonds. The molecule has 0 saturated heterocycles. The lowest BCUT2D eigenvalue weighted by atomic mass is 9.82. The van der Waals surface area contributed by atoms with Gasteiger partial charge in [-0.2, -0.15) is 13.2 Å². The van der Waals surface area contributed by atoms with Crippen molar-refractivity contribution < 1.29 is 26.7 Å². The predicted molar refractivity (Wildman–Crippen MR) is 96.4 cm³/mol. The van der Waals surface area contributed by atoms with Crippen LogP contribution in [0.3, 0.4) is 0 Å². The van der Waals surface area contributed by atoms with Crippen LogP contribution in [-0.4, -0.2) is 19.9 Å². The van der Waals surface area contributed by atoms with Crippen LogP contribution < -0.4 is 0 Å². The van der Waals surface area contributed by atoms with E-state index in [2.05, 4.69) is 6.92 Å². The lowest BCUT2D eigenvalue weighted by molar-refractivity contribution is -0.178. The van der Waals surface area contributed by atoms with Crippen molar-refractivity contribution in [3.63, 3.8) is 0 Å². The Balaban J connectivity index is 2.08. The molecular formula is C21H27F5O. The summed E-state index contributed by atoms with van der Waals surface area (Å²) in [5.74, 6) is -3.01. The second-order valence-corrected chi connectivity index (χ2v) is 7.54. The van der Waals surface area contributed by atoms with Crippen molar-refractivity contribution in [2.45, 2.75) is 51.6 Å². The summed E-state index contributed by atoms with van der Waals surface area (Å²) in [4.78, 5) is 0. The van der Waals surface area contributed by atoms with Gasteiger partial charge in [-0.3, -0.25) is 0 Å². The standard InChI is InChI=1S/C21H27F5O/c1-14-3-7-16(8-4-14)19(22)20(23)17-9-5-15(6-10-17)13-18(11-12-27-2)21(24,25)26/h5-6,9-10,14,16,18H,3-4,7-8,11-13H2,1-2H3/b20-19-. The zero-order valence-electron chi connectivity index (χ0n) is 15.8. The maximum Gasteiger partial charge on any atom is 0.392 e. The molecule has 0 aliphatic heterocycles. The molecule has 0 spiro atoms. The molecule has 0 bridgehead atoms. The Morgan fingerprint density at radius 2 is 1.67 bits per heavy atom. The molecule has 27 heavy (non-hydrogen) atoms. The van der Waals surface area contributed by atoms with Crippen LogP contribution in [0.5, 0.6) is 0 Å². The molecule has 0 aromatic heterocycles. The molecule has 1 aromatic carbocycles. The predicted octanol–water partition coefficient (Wildman–Crippen LogP) is 6.88. The summed E-state index contributed by atoms with van der Waals surface area (Å²) in [5, 5.41) is 0. The summed E-state index contributed by atoms with van der Waals surface area (Å²) in [6, 6.07) is 5.60. The van der Waals surface area contributed by atoms with E-state index in [0.717, 1.165) is 12.8 Å². The van der Waals surface area contributed by atoms with Crippen LogP contribution in [0.2, 0.25) is 0 Å². The van der Waals surface area contributed by atoms with Crippen LogP contribution in [0.4, 0.5) is 22.0 Å². The van der Waals surface area contributed by atoms with Gasteiger partial charge in [0.25, 0.3) is 0 Å². The molecule has 1 aromatic rings. The van der Waals surface area contributed by atoms with Crippen molar-refractivity contribution in [2.24, 2.45) is 17.8 Å². The number of alkyl halides is 3. The normalized spacial score (nSPS) is 23.1. The van der Waals surface area contributed by atoms with Crippen molar-refractivity contribution in [2.75, 3.05) is 13.7 Å². The highest BCUT2D eigenvalue weighted by Gasteiger charge is 2.39. The van der Waals surface area contributed by atoms with Gasteiger partial charge in [-0.25, -0.2) is 8.78 Å². The molecule has 0 N–H and O–H groups in total. The average molecular weight is 390 g/mol. The van der Waals surface area contributed by atoms with Crippen LogP contribution in [0.25, 0.3) is 5.83 Å². The molecular weight excluding hydrogens is 363 g/mol. The summed E-state index contributed by atoms with van der Waals surface area (Å²) < 4.78 is 73.0. The zero-order valence-corrected chi connectivity index (χ0v) is 15.8. The van der Waals surface area contributed by atoms with E-state index in [1.165, 1.54) is 31.4 Å². The molecule has 152 valence electrons. The Kier molecular flexibility index (Phi) is 7.83. The third-order valence-electron chi connectivity index (χ3n) is 5.41. The van der Waals surface area contributed by atoms with Gasteiger partial charge in [0.2, 0.25) is 0 Å². The molecule has 1 saturated carbocycles. The summed E-state index contributed by atoms with van der Waals surface area (Å²) in [6.45, 7) is 2.12. The third kappa shape index (κ3) is 6.30. The Morgan fingerprint density at radius 3 is 2.19 bits per heavy atom. The fraction of sp³-hybridized carbons (Fsp3) is 0.619. The van der Waals surface area contributed by atoms with Crippen molar-refractivity contribution >= 4 is 5.83 Å². The minimum absolute atomic E-state index is 0.0187. The van der Waals surface area contributed by atoms with Crippen LogP contribution in [0.15, 0.2) is 30.1 Å². The Bertz CT molecular complexity index is 612. The van der Waals surface area contributed by atoms with E-state index in [9.17, 15) is 22.0 Å². The van der Waals surface area contributed by atoms with E-state index >= 15 is 0 Å². The number of methoxy groups -OCH3 is 1. The average Bonchev–Trinajstić information content (AvgIpc) is 2.64.